The van der Waals surface area contributed by atoms with Crippen molar-refractivity contribution in [2.24, 2.45) is 0 Å². The molecule has 0 aliphatic heterocycles. The molecule has 7 nitrogen and oxygen atoms in total. The Morgan fingerprint density at radius 2 is 1.79 bits per heavy atom. The average Bonchev–Trinajstić information content (AvgIpc) is 3.10. The van der Waals surface area contributed by atoms with E-state index in [1.165, 1.54) is 23.0 Å². The van der Waals surface area contributed by atoms with Crippen LogP contribution in [0.15, 0.2) is 71.8 Å². The van der Waals surface area contributed by atoms with Crippen molar-refractivity contribution >= 4 is 26.7 Å². The zero-order valence-electron chi connectivity index (χ0n) is 14.9. The fraction of sp³-hybridized carbons (Fsp3) is 0.0500. The third-order valence-electron chi connectivity index (χ3n) is 4.30. The van der Waals surface area contributed by atoms with Gasteiger partial charge < -0.3 is 0 Å². The van der Waals surface area contributed by atoms with Gasteiger partial charge in [0.15, 0.2) is 11.6 Å². The zero-order valence-corrected chi connectivity index (χ0v) is 15.7. The molecule has 4 rings (SSSR count). The molecule has 2 aromatic heterocycles. The molecule has 0 bridgehead atoms. The summed E-state index contributed by atoms with van der Waals surface area (Å²) in [6.07, 6.45) is 1.31. The van der Waals surface area contributed by atoms with E-state index >= 15 is 0 Å². The van der Waals surface area contributed by atoms with Crippen LogP contribution in [0.1, 0.15) is 11.1 Å². The van der Waals surface area contributed by atoms with E-state index in [2.05, 4.69) is 14.8 Å². The number of nitriles is 1. The number of sulfonamides is 1. The molecule has 4 aromatic rings. The lowest BCUT2D eigenvalue weighted by atomic mass is 10.1. The fourth-order valence-electron chi connectivity index (χ4n) is 2.93. The van der Waals surface area contributed by atoms with Gasteiger partial charge in [-0.05, 0) is 36.8 Å². The highest BCUT2D eigenvalue weighted by molar-refractivity contribution is 7.92. The van der Waals surface area contributed by atoms with Gasteiger partial charge in [-0.3, -0.25) is 4.72 Å². The lowest BCUT2D eigenvalue weighted by Crippen LogP contribution is -2.17. The third-order valence-corrected chi connectivity index (χ3v) is 5.66. The molecule has 0 atom stereocenters. The van der Waals surface area contributed by atoms with Crippen LogP contribution in [0.4, 0.5) is 5.82 Å². The Bertz CT molecular complexity index is 1320. The molecule has 28 heavy (non-hydrogen) atoms. The normalized spacial score (nSPS) is 11.3. The molecule has 8 heteroatoms. The number of aromatic nitrogens is 3. The van der Waals surface area contributed by atoms with Crippen LogP contribution in [-0.2, 0) is 10.0 Å². The molecular weight excluding hydrogens is 374 g/mol. The largest absolute Gasteiger partial charge is 0.263 e. The van der Waals surface area contributed by atoms with Gasteiger partial charge in [0.1, 0.15) is 11.6 Å². The van der Waals surface area contributed by atoms with Crippen LogP contribution in [0.3, 0.4) is 0 Å². The van der Waals surface area contributed by atoms with Gasteiger partial charge in [0.2, 0.25) is 0 Å². The summed E-state index contributed by atoms with van der Waals surface area (Å²) < 4.78 is 29.3. The molecule has 0 unspecified atom stereocenters. The van der Waals surface area contributed by atoms with Gasteiger partial charge in [0.05, 0.1) is 16.6 Å². The van der Waals surface area contributed by atoms with E-state index in [4.69, 9.17) is 0 Å². The van der Waals surface area contributed by atoms with Gasteiger partial charge in [0, 0.05) is 5.39 Å². The molecule has 0 saturated heterocycles. The van der Waals surface area contributed by atoms with Crippen LogP contribution >= 0.6 is 0 Å². The second-order valence-electron chi connectivity index (χ2n) is 6.16. The summed E-state index contributed by atoms with van der Waals surface area (Å²) in [5, 5.41) is 14.6. The third kappa shape index (κ3) is 3.08. The van der Waals surface area contributed by atoms with Crippen molar-refractivity contribution < 1.29 is 8.42 Å². The number of benzene rings is 2. The molecular formula is C20H15N5O2S. The van der Waals surface area contributed by atoms with E-state index < -0.39 is 10.0 Å². The molecule has 0 amide bonds. The molecule has 2 heterocycles. The minimum Gasteiger partial charge on any atom is -0.262 e. The molecule has 0 radical (unpaired) electrons. The zero-order chi connectivity index (χ0) is 19.7. The number of para-hydroxylation sites is 1. The molecule has 138 valence electrons. The van der Waals surface area contributed by atoms with E-state index in [1.54, 1.807) is 24.3 Å². The number of aryl methyl sites for hydroxylation is 1. The Balaban J connectivity index is 1.85. The van der Waals surface area contributed by atoms with Crippen LogP contribution in [0.25, 0.3) is 16.7 Å². The predicted molar refractivity (Wildman–Crippen MR) is 106 cm³/mol. The van der Waals surface area contributed by atoms with Crippen LogP contribution < -0.4 is 4.72 Å². The number of hydrogen-bond donors (Lipinski definition) is 1. The van der Waals surface area contributed by atoms with Crippen molar-refractivity contribution in [1.29, 1.82) is 5.26 Å². The predicted octanol–water partition coefficient (Wildman–Crippen LogP) is 3.40. The van der Waals surface area contributed by atoms with Gasteiger partial charge in [-0.2, -0.15) is 15.0 Å². The van der Waals surface area contributed by atoms with Crippen molar-refractivity contribution in [2.75, 3.05) is 4.72 Å². The van der Waals surface area contributed by atoms with E-state index in [0.717, 1.165) is 16.5 Å². The molecule has 0 aliphatic carbocycles. The van der Waals surface area contributed by atoms with Gasteiger partial charge in [-0.25, -0.2) is 13.4 Å². The standard InChI is InChI=1S/C20H15N5O2S/c1-14-11-19(23-18-10-6-5-9-17(14)18)25-20(15(12-21)13-22-25)24-28(26,27)16-7-3-2-4-8-16/h2-11,13,24H,1H3. The molecule has 1 N–H and O–H groups in total. The Kier molecular flexibility index (Phi) is 4.29. The molecule has 0 spiro atoms. The summed E-state index contributed by atoms with van der Waals surface area (Å²) in [6, 6.07) is 19.4. The van der Waals surface area contributed by atoms with Gasteiger partial charge in [-0.1, -0.05) is 36.4 Å². The maximum atomic E-state index is 12.7. The number of nitrogens with zero attached hydrogens (tertiary/aromatic N) is 4. The maximum absolute atomic E-state index is 12.7. The highest BCUT2D eigenvalue weighted by atomic mass is 32.2. The van der Waals surface area contributed by atoms with Crippen LogP contribution in [0.2, 0.25) is 0 Å². The minimum absolute atomic E-state index is 0.0496. The second-order valence-corrected chi connectivity index (χ2v) is 7.85. The van der Waals surface area contributed by atoms with Crippen molar-refractivity contribution in [3.05, 3.63) is 78.0 Å². The second kappa shape index (κ2) is 6.79. The van der Waals surface area contributed by atoms with Gasteiger partial charge in [0.25, 0.3) is 10.0 Å². The maximum Gasteiger partial charge on any atom is 0.263 e. The SMILES string of the molecule is Cc1cc(-n2ncc(C#N)c2NS(=O)(=O)c2ccccc2)nc2ccccc12. The summed E-state index contributed by atoms with van der Waals surface area (Å²) >= 11 is 0. The topological polar surface area (TPSA) is 101 Å². The van der Waals surface area contributed by atoms with Crippen LogP contribution in [-0.4, -0.2) is 23.2 Å². The Morgan fingerprint density at radius 3 is 2.54 bits per heavy atom. The molecule has 0 aliphatic rings. The summed E-state index contributed by atoms with van der Waals surface area (Å²) in [4.78, 5) is 4.67. The number of pyridine rings is 1. The van der Waals surface area contributed by atoms with Crippen molar-refractivity contribution in [3.8, 4) is 11.9 Å². The number of nitrogens with one attached hydrogen (secondary N) is 1. The molecule has 2 aromatic carbocycles. The first-order valence-corrected chi connectivity index (χ1v) is 9.91. The Labute approximate surface area is 161 Å². The lowest BCUT2D eigenvalue weighted by Gasteiger charge is -2.12. The van der Waals surface area contributed by atoms with Crippen LogP contribution in [0.5, 0.6) is 0 Å². The number of hydrogen-bond acceptors (Lipinski definition) is 5. The average molecular weight is 389 g/mol. The fourth-order valence-corrected chi connectivity index (χ4v) is 4.01. The summed E-state index contributed by atoms with van der Waals surface area (Å²) in [5.74, 6) is 0.469. The lowest BCUT2D eigenvalue weighted by molar-refractivity contribution is 0.600. The van der Waals surface area contributed by atoms with E-state index in [9.17, 15) is 13.7 Å². The van der Waals surface area contributed by atoms with Crippen molar-refractivity contribution in [3.63, 3.8) is 0 Å². The van der Waals surface area contributed by atoms with Crippen LogP contribution in [0, 0.1) is 18.3 Å². The van der Waals surface area contributed by atoms with Crippen molar-refractivity contribution in [1.82, 2.24) is 14.8 Å². The number of anilines is 1. The van der Waals surface area contributed by atoms with E-state index in [-0.39, 0.29) is 16.3 Å². The first-order valence-electron chi connectivity index (χ1n) is 8.42. The first-order chi connectivity index (χ1) is 13.5. The van der Waals surface area contributed by atoms with Gasteiger partial charge >= 0.3 is 0 Å². The highest BCUT2D eigenvalue weighted by Gasteiger charge is 2.21. The summed E-state index contributed by atoms with van der Waals surface area (Å²) in [5.41, 5.74) is 1.82. The molecule has 0 saturated carbocycles. The quantitative estimate of drug-likeness (QED) is 0.576. The summed E-state index contributed by atoms with van der Waals surface area (Å²) in [7, 11) is -3.89. The highest BCUT2D eigenvalue weighted by Crippen LogP contribution is 2.25. The number of rotatable bonds is 4. The Morgan fingerprint density at radius 1 is 1.07 bits per heavy atom. The Hall–Kier alpha value is -3.70. The number of fused-ring (bicyclic) bond motifs is 1. The van der Waals surface area contributed by atoms with Gasteiger partial charge in [-0.15, -0.1) is 0 Å². The minimum atomic E-state index is -3.89. The summed E-state index contributed by atoms with van der Waals surface area (Å²) in [6.45, 7) is 1.94. The van der Waals surface area contributed by atoms with E-state index in [1.807, 2.05) is 37.3 Å². The smallest absolute Gasteiger partial charge is 0.262 e. The van der Waals surface area contributed by atoms with Crippen molar-refractivity contribution in [2.45, 2.75) is 11.8 Å². The first kappa shape index (κ1) is 17.7. The monoisotopic (exact) mass is 389 g/mol. The molecule has 0 fully saturated rings. The van der Waals surface area contributed by atoms with E-state index in [0.29, 0.717) is 5.82 Å².